The molecule has 0 aliphatic carbocycles. The Morgan fingerprint density at radius 2 is 2.54 bits per heavy atom. The van der Waals surface area contributed by atoms with E-state index in [1.165, 1.54) is 23.6 Å². The molecule has 0 amide bonds. The topological polar surface area (TPSA) is 33.1 Å². The third kappa shape index (κ3) is 2.06. The lowest BCUT2D eigenvalue weighted by molar-refractivity contribution is 0.203. The van der Waals surface area contributed by atoms with Crippen LogP contribution in [-0.4, -0.2) is 15.8 Å². The fourth-order valence-corrected chi connectivity index (χ4v) is 3.79. The second-order valence-corrected chi connectivity index (χ2v) is 5.68. The molecule has 2 heterocycles. The van der Waals surface area contributed by atoms with Gasteiger partial charge in [-0.1, -0.05) is 0 Å². The van der Waals surface area contributed by atoms with Crippen molar-refractivity contribution < 1.29 is 5.11 Å². The molecule has 0 spiro atoms. The normalized spacial score (nSPS) is 24.9. The molecule has 2 rings (SSSR count). The van der Waals surface area contributed by atoms with E-state index in [1.54, 1.807) is 18.3 Å². The van der Waals surface area contributed by atoms with Gasteiger partial charge < -0.3 is 5.11 Å². The Hall–Kier alpha value is -0.0600. The predicted molar refractivity (Wildman–Crippen MR) is 57.2 cm³/mol. The van der Waals surface area contributed by atoms with Crippen molar-refractivity contribution in [2.45, 2.75) is 31.1 Å². The number of hydrogen-bond donors (Lipinski definition) is 1. The van der Waals surface area contributed by atoms with E-state index in [2.05, 4.69) is 4.98 Å². The number of aliphatic hydroxyl groups is 1. The lowest BCUT2D eigenvalue weighted by Crippen LogP contribution is -1.85. The van der Waals surface area contributed by atoms with Crippen LogP contribution in [0.2, 0.25) is 0 Å². The van der Waals surface area contributed by atoms with Gasteiger partial charge in [0, 0.05) is 6.20 Å². The Balaban J connectivity index is 2.12. The zero-order valence-corrected chi connectivity index (χ0v) is 9.20. The Kier molecular flexibility index (Phi) is 2.91. The molecule has 1 saturated heterocycles. The number of aliphatic hydroxyl groups excluding tert-OH is 1. The minimum Gasteiger partial charge on any atom is -0.388 e. The fraction of sp³-hybridized carbons (Fsp3) is 0.667. The molecule has 0 radical (unpaired) electrons. The SMILES string of the molecule is CC(O)c1cnc(C2CCCS2)s1. The van der Waals surface area contributed by atoms with E-state index >= 15 is 0 Å². The molecule has 1 N–H and O–H groups in total. The van der Waals surface area contributed by atoms with Crippen LogP contribution in [0.25, 0.3) is 0 Å². The average molecular weight is 215 g/mol. The standard InChI is InChI=1S/C9H13NOS2/c1-6(11)8-5-10-9(13-8)7-3-2-4-12-7/h5-7,11H,2-4H2,1H3. The van der Waals surface area contributed by atoms with Gasteiger partial charge >= 0.3 is 0 Å². The number of thiazole rings is 1. The highest BCUT2D eigenvalue weighted by atomic mass is 32.2. The summed E-state index contributed by atoms with van der Waals surface area (Å²) in [5.41, 5.74) is 0. The van der Waals surface area contributed by atoms with E-state index < -0.39 is 0 Å². The molecule has 1 aliphatic heterocycles. The molecule has 2 nitrogen and oxygen atoms in total. The molecule has 13 heavy (non-hydrogen) atoms. The highest BCUT2D eigenvalue weighted by Crippen LogP contribution is 2.41. The zero-order chi connectivity index (χ0) is 9.26. The lowest BCUT2D eigenvalue weighted by Gasteiger charge is -2.02. The summed E-state index contributed by atoms with van der Waals surface area (Å²) in [7, 11) is 0. The van der Waals surface area contributed by atoms with Crippen molar-refractivity contribution in [3.05, 3.63) is 16.1 Å². The van der Waals surface area contributed by atoms with Crippen molar-refractivity contribution in [2.24, 2.45) is 0 Å². The summed E-state index contributed by atoms with van der Waals surface area (Å²) in [6.45, 7) is 1.79. The van der Waals surface area contributed by atoms with E-state index in [-0.39, 0.29) is 6.10 Å². The Morgan fingerprint density at radius 3 is 3.08 bits per heavy atom. The van der Waals surface area contributed by atoms with Crippen molar-refractivity contribution >= 4 is 23.1 Å². The molecule has 2 unspecified atom stereocenters. The number of nitrogens with zero attached hydrogens (tertiary/aromatic N) is 1. The predicted octanol–water partition coefficient (Wildman–Crippen LogP) is 2.76. The van der Waals surface area contributed by atoms with E-state index in [4.69, 9.17) is 0 Å². The van der Waals surface area contributed by atoms with Gasteiger partial charge in [0.05, 0.1) is 16.2 Å². The maximum absolute atomic E-state index is 9.34. The smallest absolute Gasteiger partial charge is 0.106 e. The number of rotatable bonds is 2. The molecular formula is C9H13NOS2. The van der Waals surface area contributed by atoms with Crippen LogP contribution in [0.4, 0.5) is 0 Å². The van der Waals surface area contributed by atoms with Crippen LogP contribution in [0, 0.1) is 0 Å². The largest absolute Gasteiger partial charge is 0.388 e. The van der Waals surface area contributed by atoms with E-state index in [0.29, 0.717) is 5.25 Å². The second kappa shape index (κ2) is 3.98. The van der Waals surface area contributed by atoms with Crippen molar-refractivity contribution in [3.63, 3.8) is 0 Å². The summed E-state index contributed by atoms with van der Waals surface area (Å²) in [6.07, 6.45) is 4.00. The minimum absolute atomic E-state index is 0.363. The third-order valence-electron chi connectivity index (χ3n) is 2.16. The lowest BCUT2D eigenvalue weighted by atomic mass is 10.3. The molecule has 0 saturated carbocycles. The Bertz CT molecular complexity index is 279. The van der Waals surface area contributed by atoms with E-state index in [1.807, 2.05) is 18.0 Å². The first-order valence-corrected chi connectivity index (χ1v) is 6.39. The molecule has 1 fully saturated rings. The van der Waals surface area contributed by atoms with Crippen molar-refractivity contribution in [1.82, 2.24) is 4.98 Å². The summed E-state index contributed by atoms with van der Waals surface area (Å²) in [6, 6.07) is 0. The molecule has 0 aromatic carbocycles. The molecular weight excluding hydrogens is 202 g/mol. The van der Waals surface area contributed by atoms with Gasteiger partial charge in [0.2, 0.25) is 0 Å². The van der Waals surface area contributed by atoms with Crippen molar-refractivity contribution in [2.75, 3.05) is 5.75 Å². The van der Waals surface area contributed by atoms with Crippen LogP contribution in [0.15, 0.2) is 6.20 Å². The van der Waals surface area contributed by atoms with Gasteiger partial charge in [0.15, 0.2) is 0 Å². The molecule has 2 atom stereocenters. The number of thioether (sulfide) groups is 1. The summed E-state index contributed by atoms with van der Waals surface area (Å²) in [4.78, 5) is 5.35. The highest BCUT2D eigenvalue weighted by Gasteiger charge is 2.21. The highest BCUT2D eigenvalue weighted by molar-refractivity contribution is 7.99. The van der Waals surface area contributed by atoms with Gasteiger partial charge in [-0.05, 0) is 25.5 Å². The third-order valence-corrected chi connectivity index (χ3v) is 4.97. The summed E-state index contributed by atoms with van der Waals surface area (Å²) in [5.74, 6) is 1.26. The summed E-state index contributed by atoms with van der Waals surface area (Å²) >= 11 is 3.64. The average Bonchev–Trinajstić information content (AvgIpc) is 2.75. The maximum atomic E-state index is 9.34. The van der Waals surface area contributed by atoms with E-state index in [0.717, 1.165) is 4.88 Å². The second-order valence-electron chi connectivity index (χ2n) is 3.28. The maximum Gasteiger partial charge on any atom is 0.106 e. The first-order chi connectivity index (χ1) is 6.27. The number of hydrogen-bond acceptors (Lipinski definition) is 4. The Morgan fingerprint density at radius 1 is 1.69 bits per heavy atom. The first-order valence-electron chi connectivity index (χ1n) is 4.52. The van der Waals surface area contributed by atoms with Crippen LogP contribution in [0.5, 0.6) is 0 Å². The van der Waals surface area contributed by atoms with Crippen molar-refractivity contribution in [1.29, 1.82) is 0 Å². The van der Waals surface area contributed by atoms with Gasteiger partial charge in [0.25, 0.3) is 0 Å². The van der Waals surface area contributed by atoms with Gasteiger partial charge in [-0.2, -0.15) is 11.8 Å². The monoisotopic (exact) mass is 215 g/mol. The van der Waals surface area contributed by atoms with Crippen LogP contribution in [0.3, 0.4) is 0 Å². The number of aromatic nitrogens is 1. The molecule has 0 bridgehead atoms. The quantitative estimate of drug-likeness (QED) is 0.823. The van der Waals surface area contributed by atoms with Gasteiger partial charge in [-0.3, -0.25) is 0 Å². The van der Waals surface area contributed by atoms with Gasteiger partial charge in [0.1, 0.15) is 5.01 Å². The Labute approximate surface area is 86.4 Å². The van der Waals surface area contributed by atoms with Gasteiger partial charge in [-0.25, -0.2) is 4.98 Å². The summed E-state index contributed by atoms with van der Waals surface area (Å²) < 4.78 is 0. The fourth-order valence-electron chi connectivity index (χ4n) is 1.42. The minimum atomic E-state index is -0.363. The van der Waals surface area contributed by atoms with E-state index in [9.17, 15) is 5.11 Å². The molecule has 4 heteroatoms. The summed E-state index contributed by atoms with van der Waals surface area (Å²) in [5, 5.41) is 11.1. The van der Waals surface area contributed by atoms with Crippen LogP contribution < -0.4 is 0 Å². The molecule has 1 aromatic heterocycles. The molecule has 1 aliphatic rings. The molecule has 72 valence electrons. The zero-order valence-electron chi connectivity index (χ0n) is 7.56. The molecule has 1 aromatic rings. The van der Waals surface area contributed by atoms with Crippen molar-refractivity contribution in [3.8, 4) is 0 Å². The van der Waals surface area contributed by atoms with Crippen LogP contribution in [0.1, 0.15) is 41.0 Å². The van der Waals surface area contributed by atoms with Crippen LogP contribution in [-0.2, 0) is 0 Å². The van der Waals surface area contributed by atoms with Gasteiger partial charge in [-0.15, -0.1) is 11.3 Å². The van der Waals surface area contributed by atoms with Crippen LogP contribution >= 0.6 is 23.1 Å². The first kappa shape index (κ1) is 9.49.